The summed E-state index contributed by atoms with van der Waals surface area (Å²) in [5, 5.41) is 0.675. The number of rotatable bonds is 8. The van der Waals surface area contributed by atoms with E-state index >= 15 is 0 Å². The van der Waals surface area contributed by atoms with Crippen molar-refractivity contribution >= 4 is 33.2 Å². The van der Waals surface area contributed by atoms with Gasteiger partial charge < -0.3 is 14.5 Å². The highest BCUT2D eigenvalue weighted by Gasteiger charge is 2.29. The standard InChI is InChI=1S/C22H28ClN3O4S/c1-3-26(31(28,29)21-10-8-20(9-11-21)30-4-2)17-22(27)25-14-12-24(13-15-25)19-7-5-6-18(23)16-19/h5-11,16H,3-4,12-15,17H2,1-2H3. The van der Waals surface area contributed by atoms with E-state index in [0.717, 1.165) is 5.69 Å². The van der Waals surface area contributed by atoms with Gasteiger partial charge in [0.25, 0.3) is 0 Å². The second-order valence-corrected chi connectivity index (χ2v) is 9.56. The van der Waals surface area contributed by atoms with Crippen molar-refractivity contribution in [3.63, 3.8) is 0 Å². The number of carbonyl (C=O) groups excluding carboxylic acids is 1. The average molecular weight is 466 g/mol. The van der Waals surface area contributed by atoms with Crippen LogP contribution in [0.3, 0.4) is 0 Å². The molecule has 1 fully saturated rings. The van der Waals surface area contributed by atoms with Gasteiger partial charge in [-0.25, -0.2) is 8.42 Å². The van der Waals surface area contributed by atoms with E-state index in [-0.39, 0.29) is 23.9 Å². The Morgan fingerprint density at radius 1 is 1.06 bits per heavy atom. The second kappa shape index (κ2) is 10.3. The molecule has 3 rings (SSSR count). The van der Waals surface area contributed by atoms with E-state index in [1.165, 1.54) is 16.4 Å². The highest BCUT2D eigenvalue weighted by Crippen LogP contribution is 2.22. The van der Waals surface area contributed by atoms with Crippen LogP contribution in [0, 0.1) is 0 Å². The van der Waals surface area contributed by atoms with E-state index in [9.17, 15) is 13.2 Å². The number of sulfonamides is 1. The molecular formula is C22H28ClN3O4S. The third-order valence-corrected chi connectivity index (χ3v) is 7.41. The number of likely N-dealkylation sites (N-methyl/N-ethyl adjacent to an activating group) is 1. The Bertz CT molecular complexity index is 990. The van der Waals surface area contributed by atoms with E-state index in [4.69, 9.17) is 16.3 Å². The summed E-state index contributed by atoms with van der Waals surface area (Å²) in [5.74, 6) is 0.417. The van der Waals surface area contributed by atoms with Gasteiger partial charge in [0.15, 0.2) is 0 Å². The lowest BCUT2D eigenvalue weighted by Gasteiger charge is -2.37. The molecular weight excluding hydrogens is 438 g/mol. The van der Waals surface area contributed by atoms with Gasteiger partial charge in [-0.3, -0.25) is 4.79 Å². The van der Waals surface area contributed by atoms with Crippen molar-refractivity contribution in [3.8, 4) is 5.75 Å². The first kappa shape index (κ1) is 23.4. The summed E-state index contributed by atoms with van der Waals surface area (Å²) in [4.78, 5) is 16.9. The minimum atomic E-state index is -3.77. The number of hydrogen-bond donors (Lipinski definition) is 0. The number of carbonyl (C=O) groups is 1. The van der Waals surface area contributed by atoms with Crippen LogP contribution in [0.4, 0.5) is 5.69 Å². The second-order valence-electron chi connectivity index (χ2n) is 7.18. The van der Waals surface area contributed by atoms with Gasteiger partial charge in [0, 0.05) is 43.4 Å². The Morgan fingerprint density at radius 3 is 2.32 bits per heavy atom. The number of halogens is 1. The van der Waals surface area contributed by atoms with Crippen LogP contribution in [-0.4, -0.2) is 69.4 Å². The Hall–Kier alpha value is -2.29. The van der Waals surface area contributed by atoms with Crippen molar-refractivity contribution in [1.29, 1.82) is 0 Å². The maximum atomic E-state index is 13.0. The smallest absolute Gasteiger partial charge is 0.243 e. The van der Waals surface area contributed by atoms with Gasteiger partial charge >= 0.3 is 0 Å². The van der Waals surface area contributed by atoms with E-state index in [1.54, 1.807) is 24.0 Å². The first-order valence-electron chi connectivity index (χ1n) is 10.4. The average Bonchev–Trinajstić information content (AvgIpc) is 2.78. The summed E-state index contributed by atoms with van der Waals surface area (Å²) < 4.78 is 32.6. The summed E-state index contributed by atoms with van der Waals surface area (Å²) in [6.07, 6.45) is 0. The molecule has 2 aromatic carbocycles. The van der Waals surface area contributed by atoms with E-state index in [1.807, 2.05) is 31.2 Å². The van der Waals surface area contributed by atoms with Gasteiger partial charge in [0.2, 0.25) is 15.9 Å². The molecule has 0 N–H and O–H groups in total. The van der Waals surface area contributed by atoms with Crippen LogP contribution in [0.15, 0.2) is 53.4 Å². The van der Waals surface area contributed by atoms with Crippen molar-refractivity contribution in [2.75, 3.05) is 50.8 Å². The Kier molecular flexibility index (Phi) is 7.80. The van der Waals surface area contributed by atoms with Gasteiger partial charge in [0.05, 0.1) is 18.0 Å². The number of ether oxygens (including phenoxy) is 1. The topological polar surface area (TPSA) is 70.2 Å². The molecule has 0 unspecified atom stereocenters. The number of amides is 1. The van der Waals surface area contributed by atoms with E-state index in [0.29, 0.717) is 43.6 Å². The quantitative estimate of drug-likeness (QED) is 0.599. The van der Waals surface area contributed by atoms with Gasteiger partial charge in [-0.05, 0) is 49.4 Å². The zero-order chi connectivity index (χ0) is 22.4. The maximum absolute atomic E-state index is 13.0. The van der Waals surface area contributed by atoms with Crippen LogP contribution in [0.5, 0.6) is 5.75 Å². The molecule has 0 atom stereocenters. The molecule has 0 bridgehead atoms. The molecule has 1 heterocycles. The fourth-order valence-corrected chi connectivity index (χ4v) is 5.11. The molecule has 0 radical (unpaired) electrons. The molecule has 7 nitrogen and oxygen atoms in total. The molecule has 1 saturated heterocycles. The maximum Gasteiger partial charge on any atom is 0.243 e. The largest absolute Gasteiger partial charge is 0.494 e. The SMILES string of the molecule is CCOc1ccc(S(=O)(=O)N(CC)CC(=O)N2CCN(c3cccc(Cl)c3)CC2)cc1. The number of hydrogen-bond acceptors (Lipinski definition) is 5. The first-order valence-corrected chi connectivity index (χ1v) is 12.2. The summed E-state index contributed by atoms with van der Waals surface area (Å²) in [5.41, 5.74) is 1.02. The van der Waals surface area contributed by atoms with Crippen molar-refractivity contribution in [3.05, 3.63) is 53.6 Å². The molecule has 0 aliphatic carbocycles. The Morgan fingerprint density at radius 2 is 1.74 bits per heavy atom. The number of anilines is 1. The van der Waals surface area contributed by atoms with Crippen LogP contribution in [-0.2, 0) is 14.8 Å². The van der Waals surface area contributed by atoms with Gasteiger partial charge in [-0.15, -0.1) is 0 Å². The monoisotopic (exact) mass is 465 g/mol. The molecule has 168 valence electrons. The van der Waals surface area contributed by atoms with E-state index < -0.39 is 10.0 Å². The van der Waals surface area contributed by atoms with Crippen LogP contribution < -0.4 is 9.64 Å². The van der Waals surface area contributed by atoms with Crippen molar-refractivity contribution in [1.82, 2.24) is 9.21 Å². The Labute approximate surface area is 189 Å². The molecule has 0 saturated carbocycles. The minimum Gasteiger partial charge on any atom is -0.494 e. The third-order valence-electron chi connectivity index (χ3n) is 5.24. The molecule has 31 heavy (non-hydrogen) atoms. The first-order chi connectivity index (χ1) is 14.8. The molecule has 1 aliphatic heterocycles. The fraction of sp³-hybridized carbons (Fsp3) is 0.409. The van der Waals surface area contributed by atoms with Crippen LogP contribution in [0.1, 0.15) is 13.8 Å². The number of nitrogens with zero attached hydrogens (tertiary/aromatic N) is 3. The van der Waals surface area contributed by atoms with Crippen LogP contribution in [0.25, 0.3) is 0 Å². The Balaban J connectivity index is 1.61. The summed E-state index contributed by atoms with van der Waals surface area (Å²) in [7, 11) is -3.77. The molecule has 1 amide bonds. The summed E-state index contributed by atoms with van der Waals surface area (Å²) in [6.45, 7) is 6.55. The van der Waals surface area contributed by atoms with Crippen LogP contribution in [0.2, 0.25) is 5.02 Å². The highest BCUT2D eigenvalue weighted by atomic mass is 35.5. The fourth-order valence-electron chi connectivity index (χ4n) is 3.53. The molecule has 9 heteroatoms. The molecule has 1 aliphatic rings. The minimum absolute atomic E-state index is 0.149. The number of piperazine rings is 1. The molecule has 0 aromatic heterocycles. The summed E-state index contributed by atoms with van der Waals surface area (Å²) in [6, 6.07) is 13.9. The molecule has 2 aromatic rings. The lowest BCUT2D eigenvalue weighted by Crippen LogP contribution is -2.51. The van der Waals surface area contributed by atoms with Crippen molar-refractivity contribution in [2.45, 2.75) is 18.7 Å². The number of benzene rings is 2. The highest BCUT2D eigenvalue weighted by molar-refractivity contribution is 7.89. The van der Waals surface area contributed by atoms with Gasteiger partial charge in [0.1, 0.15) is 5.75 Å². The van der Waals surface area contributed by atoms with E-state index in [2.05, 4.69) is 4.90 Å². The lowest BCUT2D eigenvalue weighted by molar-refractivity contribution is -0.131. The van der Waals surface area contributed by atoms with Gasteiger partial charge in [-0.2, -0.15) is 4.31 Å². The predicted octanol–water partition coefficient (Wildman–Crippen LogP) is 3.10. The molecule has 0 spiro atoms. The van der Waals surface area contributed by atoms with Gasteiger partial charge in [-0.1, -0.05) is 24.6 Å². The lowest BCUT2D eigenvalue weighted by atomic mass is 10.2. The third kappa shape index (κ3) is 5.70. The zero-order valence-corrected chi connectivity index (χ0v) is 19.4. The van der Waals surface area contributed by atoms with Crippen molar-refractivity contribution in [2.24, 2.45) is 0 Å². The summed E-state index contributed by atoms with van der Waals surface area (Å²) >= 11 is 6.07. The zero-order valence-electron chi connectivity index (χ0n) is 17.8. The normalized spacial score (nSPS) is 14.7. The van der Waals surface area contributed by atoms with Crippen LogP contribution >= 0.6 is 11.6 Å². The van der Waals surface area contributed by atoms with Crippen molar-refractivity contribution < 1.29 is 17.9 Å². The predicted molar refractivity (Wildman–Crippen MR) is 122 cm³/mol.